The number of carbonyl (C=O) groups is 1. The fourth-order valence-electron chi connectivity index (χ4n) is 0.739. The van der Waals surface area contributed by atoms with E-state index in [1.54, 1.807) is 0 Å². The zero-order chi connectivity index (χ0) is 10.7. The molecule has 0 radical (unpaired) electrons. The first-order valence-electron chi connectivity index (χ1n) is 3.63. The molecule has 1 heterocycles. The van der Waals surface area contributed by atoms with E-state index >= 15 is 0 Å². The summed E-state index contributed by atoms with van der Waals surface area (Å²) in [6.45, 7) is 1.01. The van der Waals surface area contributed by atoms with Gasteiger partial charge in [0.2, 0.25) is 0 Å². The predicted octanol–water partition coefficient (Wildman–Crippen LogP) is -0.180. The van der Waals surface area contributed by atoms with Crippen molar-refractivity contribution >= 4 is 21.9 Å². The molecule has 1 aromatic rings. The number of H-pyrrole nitrogens is 1. The van der Waals surface area contributed by atoms with E-state index in [0.717, 1.165) is 4.57 Å². The van der Waals surface area contributed by atoms with E-state index in [4.69, 9.17) is 0 Å². The van der Waals surface area contributed by atoms with Crippen LogP contribution in [0.25, 0.3) is 0 Å². The van der Waals surface area contributed by atoms with E-state index in [2.05, 4.69) is 20.7 Å². The second-order valence-electron chi connectivity index (χ2n) is 2.47. The first-order chi connectivity index (χ1) is 6.50. The largest absolute Gasteiger partial charge is 0.444 e. The molecule has 1 aromatic heterocycles. The van der Waals surface area contributed by atoms with Gasteiger partial charge in [0.1, 0.15) is 0 Å². The number of esters is 1. The molecule has 1 N–H and O–H groups in total. The van der Waals surface area contributed by atoms with Crippen molar-refractivity contribution in [3.8, 4) is 0 Å². The highest BCUT2D eigenvalue weighted by Crippen LogP contribution is 1.97. The fraction of sp³-hybridized carbons (Fsp3) is 0.286. The van der Waals surface area contributed by atoms with Crippen molar-refractivity contribution in [2.75, 3.05) is 0 Å². The van der Waals surface area contributed by atoms with E-state index in [9.17, 15) is 14.4 Å². The molecule has 0 spiro atoms. The van der Waals surface area contributed by atoms with Gasteiger partial charge in [-0.1, -0.05) is 0 Å². The molecule has 0 aliphatic carbocycles. The minimum atomic E-state index is -0.626. The van der Waals surface area contributed by atoms with Crippen LogP contribution in [0.4, 0.5) is 0 Å². The van der Waals surface area contributed by atoms with E-state index in [-0.39, 0.29) is 11.2 Å². The number of aromatic nitrogens is 2. The molecular formula is C7H7BrN2O4. The second-order valence-corrected chi connectivity index (χ2v) is 3.33. The summed E-state index contributed by atoms with van der Waals surface area (Å²) in [5.74, 6) is -0.501. The third-order valence-corrected chi connectivity index (χ3v) is 1.94. The van der Waals surface area contributed by atoms with Crippen molar-refractivity contribution in [1.82, 2.24) is 9.55 Å². The zero-order valence-corrected chi connectivity index (χ0v) is 8.83. The quantitative estimate of drug-likeness (QED) is 0.750. The Labute approximate surface area is 86.6 Å². The van der Waals surface area contributed by atoms with Crippen molar-refractivity contribution < 1.29 is 9.53 Å². The van der Waals surface area contributed by atoms with Crippen molar-refractivity contribution in [2.24, 2.45) is 0 Å². The van der Waals surface area contributed by atoms with Gasteiger partial charge in [-0.25, -0.2) is 4.79 Å². The number of rotatable bonds is 2. The van der Waals surface area contributed by atoms with E-state index in [0.29, 0.717) is 0 Å². The smallest absolute Gasteiger partial charge is 0.331 e. The maximum atomic E-state index is 11.1. The van der Waals surface area contributed by atoms with Gasteiger partial charge >= 0.3 is 11.7 Å². The van der Waals surface area contributed by atoms with Gasteiger partial charge < -0.3 is 4.74 Å². The maximum Gasteiger partial charge on any atom is 0.331 e. The Morgan fingerprint density at radius 2 is 2.29 bits per heavy atom. The summed E-state index contributed by atoms with van der Waals surface area (Å²) in [7, 11) is 0. The van der Waals surface area contributed by atoms with Gasteiger partial charge in [0, 0.05) is 13.1 Å². The lowest BCUT2D eigenvalue weighted by molar-refractivity contribution is -0.144. The van der Waals surface area contributed by atoms with Crippen LogP contribution in [0, 0.1) is 0 Å². The molecule has 14 heavy (non-hydrogen) atoms. The van der Waals surface area contributed by atoms with Crippen LogP contribution in [0.2, 0.25) is 0 Å². The SMILES string of the molecule is CC(=O)OCn1cc(Br)c(=O)[nH]c1=O. The molecule has 76 valence electrons. The zero-order valence-electron chi connectivity index (χ0n) is 7.24. The highest BCUT2D eigenvalue weighted by atomic mass is 79.9. The van der Waals surface area contributed by atoms with E-state index in [1.807, 2.05) is 4.98 Å². The molecule has 0 atom stereocenters. The molecule has 0 aliphatic heterocycles. The number of aromatic amines is 1. The van der Waals surface area contributed by atoms with Gasteiger partial charge in [-0.05, 0) is 15.9 Å². The van der Waals surface area contributed by atoms with Crippen molar-refractivity contribution in [1.29, 1.82) is 0 Å². The standard InChI is InChI=1S/C7H7BrN2O4/c1-4(11)14-3-10-2-5(8)6(12)9-7(10)13/h2H,3H2,1H3,(H,9,12,13). The molecule has 0 unspecified atom stereocenters. The fourth-order valence-corrected chi connectivity index (χ4v) is 1.09. The van der Waals surface area contributed by atoms with E-state index in [1.165, 1.54) is 13.1 Å². The number of nitrogens with one attached hydrogen (secondary N) is 1. The Kier molecular flexibility index (Phi) is 3.23. The molecule has 0 saturated heterocycles. The van der Waals surface area contributed by atoms with Crippen LogP contribution in [0.1, 0.15) is 6.92 Å². The van der Waals surface area contributed by atoms with Gasteiger partial charge in [-0.3, -0.25) is 19.1 Å². The molecule has 1 rings (SSSR count). The van der Waals surface area contributed by atoms with Crippen LogP contribution in [-0.4, -0.2) is 15.5 Å². The number of hydrogen-bond donors (Lipinski definition) is 1. The summed E-state index contributed by atoms with van der Waals surface area (Å²) in [4.78, 5) is 34.5. The highest BCUT2D eigenvalue weighted by Gasteiger charge is 2.02. The molecule has 0 fully saturated rings. The third-order valence-electron chi connectivity index (χ3n) is 1.37. The number of halogens is 1. The average molecular weight is 263 g/mol. The summed E-state index contributed by atoms with van der Waals surface area (Å²) in [6.07, 6.45) is 1.25. The summed E-state index contributed by atoms with van der Waals surface area (Å²) in [5.41, 5.74) is -1.14. The molecule has 0 bridgehead atoms. The first-order valence-corrected chi connectivity index (χ1v) is 4.42. The molecule has 0 aliphatic rings. The summed E-state index contributed by atoms with van der Waals surface area (Å²) in [6, 6.07) is 0. The molecule has 0 saturated carbocycles. The lowest BCUT2D eigenvalue weighted by atomic mass is 10.6. The highest BCUT2D eigenvalue weighted by molar-refractivity contribution is 9.10. The van der Waals surface area contributed by atoms with Gasteiger partial charge in [0.15, 0.2) is 6.73 Å². The summed E-state index contributed by atoms with van der Waals surface area (Å²) < 4.78 is 5.85. The molecule has 6 nitrogen and oxygen atoms in total. The number of hydrogen-bond acceptors (Lipinski definition) is 4. The van der Waals surface area contributed by atoms with Crippen molar-refractivity contribution in [3.05, 3.63) is 31.5 Å². The van der Waals surface area contributed by atoms with Gasteiger partial charge in [-0.15, -0.1) is 0 Å². The summed E-state index contributed by atoms with van der Waals surface area (Å²) >= 11 is 2.94. The van der Waals surface area contributed by atoms with Gasteiger partial charge in [0.05, 0.1) is 4.47 Å². The average Bonchev–Trinajstić information content (AvgIpc) is 2.09. The van der Waals surface area contributed by atoms with Crippen LogP contribution in [0.5, 0.6) is 0 Å². The van der Waals surface area contributed by atoms with Gasteiger partial charge in [-0.2, -0.15) is 0 Å². The van der Waals surface area contributed by atoms with Crippen LogP contribution in [0.15, 0.2) is 20.3 Å². The van der Waals surface area contributed by atoms with Crippen LogP contribution in [0.3, 0.4) is 0 Å². The van der Waals surface area contributed by atoms with Crippen molar-refractivity contribution in [2.45, 2.75) is 13.7 Å². The van der Waals surface area contributed by atoms with Crippen molar-refractivity contribution in [3.63, 3.8) is 0 Å². The predicted molar refractivity (Wildman–Crippen MR) is 50.8 cm³/mol. The van der Waals surface area contributed by atoms with E-state index < -0.39 is 17.2 Å². The van der Waals surface area contributed by atoms with Crippen LogP contribution < -0.4 is 11.2 Å². The molecule has 7 heteroatoms. The second kappa shape index (κ2) is 4.23. The number of nitrogens with zero attached hydrogens (tertiary/aromatic N) is 1. The minimum Gasteiger partial charge on any atom is -0.444 e. The van der Waals surface area contributed by atoms with Crippen LogP contribution in [-0.2, 0) is 16.3 Å². The molecule has 0 aromatic carbocycles. The Bertz CT molecular complexity index is 461. The minimum absolute atomic E-state index is 0.198. The Hall–Kier alpha value is -1.37. The Morgan fingerprint density at radius 1 is 1.64 bits per heavy atom. The normalized spacial score (nSPS) is 9.86. The monoisotopic (exact) mass is 262 g/mol. The number of ether oxygens (including phenoxy) is 1. The maximum absolute atomic E-state index is 11.1. The van der Waals surface area contributed by atoms with Gasteiger partial charge in [0.25, 0.3) is 5.56 Å². The number of carbonyl (C=O) groups excluding carboxylic acids is 1. The summed E-state index contributed by atoms with van der Waals surface area (Å²) in [5, 5.41) is 0. The Morgan fingerprint density at radius 3 is 2.86 bits per heavy atom. The first kappa shape index (κ1) is 10.7. The lowest BCUT2D eigenvalue weighted by Crippen LogP contribution is -2.30. The molecule has 0 amide bonds. The third kappa shape index (κ3) is 2.56. The topological polar surface area (TPSA) is 81.2 Å². The van der Waals surface area contributed by atoms with Crippen LogP contribution >= 0.6 is 15.9 Å². The lowest BCUT2D eigenvalue weighted by Gasteiger charge is -2.04. The Balaban J connectivity index is 2.99. The molecular weight excluding hydrogens is 256 g/mol.